The summed E-state index contributed by atoms with van der Waals surface area (Å²) in [5.41, 5.74) is 2.16. The van der Waals surface area contributed by atoms with Gasteiger partial charge in [-0.1, -0.05) is 12.1 Å². The van der Waals surface area contributed by atoms with E-state index in [1.807, 2.05) is 18.5 Å². The number of nitrogens with zero attached hydrogens (tertiary/aromatic N) is 2. The fourth-order valence-electron chi connectivity index (χ4n) is 2.60. The maximum Gasteiger partial charge on any atom is 0.304 e. The van der Waals surface area contributed by atoms with Gasteiger partial charge in [0.25, 0.3) is 0 Å². The molecule has 1 aromatic rings. The number of anilines is 1. The molecule has 0 unspecified atom stereocenters. The average molecular weight is 244 g/mol. The van der Waals surface area contributed by atoms with Gasteiger partial charge in [0.1, 0.15) is 0 Å². The standard InChI is InChI=1S/C14H16N2O2/c17-13(18)9-14(4-5-14)11-2-1-3-12(8-11)16-7-6-15-10-16/h1-3,8,10H,4-7,9H2,(H,17,18). The minimum atomic E-state index is -0.708. The van der Waals surface area contributed by atoms with E-state index in [2.05, 4.69) is 22.0 Å². The minimum absolute atomic E-state index is 0.112. The summed E-state index contributed by atoms with van der Waals surface area (Å²) in [6.07, 6.45) is 4.06. The van der Waals surface area contributed by atoms with Gasteiger partial charge in [-0.2, -0.15) is 0 Å². The highest BCUT2D eigenvalue weighted by atomic mass is 16.4. The van der Waals surface area contributed by atoms with Crippen molar-refractivity contribution in [1.82, 2.24) is 0 Å². The summed E-state index contributed by atoms with van der Waals surface area (Å²) in [4.78, 5) is 17.3. The molecule has 1 aromatic carbocycles. The monoisotopic (exact) mass is 244 g/mol. The molecule has 0 saturated heterocycles. The average Bonchev–Trinajstić information content (AvgIpc) is 2.93. The lowest BCUT2D eigenvalue weighted by molar-refractivity contribution is -0.137. The van der Waals surface area contributed by atoms with Crippen LogP contribution in [-0.2, 0) is 10.2 Å². The van der Waals surface area contributed by atoms with E-state index in [9.17, 15) is 4.79 Å². The highest BCUT2D eigenvalue weighted by molar-refractivity contribution is 5.81. The first-order chi connectivity index (χ1) is 8.70. The number of aliphatic carboxylic acids is 1. The normalized spacial score (nSPS) is 20.1. The van der Waals surface area contributed by atoms with Gasteiger partial charge in [-0.15, -0.1) is 0 Å². The predicted octanol–water partition coefficient (Wildman–Crippen LogP) is 2.04. The fourth-order valence-corrected chi connectivity index (χ4v) is 2.60. The third-order valence-corrected chi connectivity index (χ3v) is 3.82. The van der Waals surface area contributed by atoms with Gasteiger partial charge in [-0.25, -0.2) is 0 Å². The lowest BCUT2D eigenvalue weighted by Crippen LogP contribution is -2.19. The van der Waals surface area contributed by atoms with E-state index in [-0.39, 0.29) is 11.8 Å². The number of carboxylic acid groups (broad SMARTS) is 1. The van der Waals surface area contributed by atoms with Crippen molar-refractivity contribution in [1.29, 1.82) is 0 Å². The summed E-state index contributed by atoms with van der Waals surface area (Å²) in [6.45, 7) is 1.75. The Labute approximate surface area is 106 Å². The molecule has 94 valence electrons. The lowest BCUT2D eigenvalue weighted by Gasteiger charge is -2.18. The maximum absolute atomic E-state index is 10.9. The molecule has 2 aliphatic rings. The van der Waals surface area contributed by atoms with E-state index in [0.717, 1.165) is 37.2 Å². The highest BCUT2D eigenvalue weighted by Gasteiger charge is 2.46. The first-order valence-corrected chi connectivity index (χ1v) is 6.29. The van der Waals surface area contributed by atoms with Gasteiger partial charge in [0.2, 0.25) is 0 Å². The van der Waals surface area contributed by atoms with Crippen molar-refractivity contribution in [2.45, 2.75) is 24.7 Å². The number of hydrogen-bond acceptors (Lipinski definition) is 3. The largest absolute Gasteiger partial charge is 0.481 e. The van der Waals surface area contributed by atoms with Crippen molar-refractivity contribution >= 4 is 18.0 Å². The van der Waals surface area contributed by atoms with Crippen molar-refractivity contribution in [2.75, 3.05) is 18.0 Å². The van der Waals surface area contributed by atoms with E-state index in [0.29, 0.717) is 0 Å². The topological polar surface area (TPSA) is 52.9 Å². The van der Waals surface area contributed by atoms with Crippen LogP contribution in [0.1, 0.15) is 24.8 Å². The van der Waals surface area contributed by atoms with Gasteiger partial charge < -0.3 is 10.0 Å². The van der Waals surface area contributed by atoms with Crippen molar-refractivity contribution in [3.05, 3.63) is 29.8 Å². The van der Waals surface area contributed by atoms with E-state index in [1.54, 1.807) is 0 Å². The Morgan fingerprint density at radius 1 is 1.44 bits per heavy atom. The van der Waals surface area contributed by atoms with Gasteiger partial charge in [0, 0.05) is 17.6 Å². The van der Waals surface area contributed by atoms with Crippen LogP contribution in [0.5, 0.6) is 0 Å². The molecule has 1 heterocycles. The van der Waals surface area contributed by atoms with Crippen molar-refractivity contribution in [2.24, 2.45) is 4.99 Å². The van der Waals surface area contributed by atoms with Crippen LogP contribution < -0.4 is 4.90 Å². The molecule has 1 fully saturated rings. The zero-order valence-corrected chi connectivity index (χ0v) is 10.2. The van der Waals surface area contributed by atoms with Crippen LogP contribution in [0.2, 0.25) is 0 Å². The molecule has 4 heteroatoms. The van der Waals surface area contributed by atoms with Crippen LogP contribution in [0.15, 0.2) is 29.3 Å². The lowest BCUT2D eigenvalue weighted by atomic mass is 9.92. The molecule has 4 nitrogen and oxygen atoms in total. The molecule has 18 heavy (non-hydrogen) atoms. The number of aliphatic imine (C=N–C) groups is 1. The maximum atomic E-state index is 10.9. The Bertz CT molecular complexity index is 506. The van der Waals surface area contributed by atoms with Crippen LogP contribution in [0.4, 0.5) is 5.69 Å². The first-order valence-electron chi connectivity index (χ1n) is 6.29. The van der Waals surface area contributed by atoms with Crippen LogP contribution in [0.25, 0.3) is 0 Å². The van der Waals surface area contributed by atoms with E-state index in [1.165, 1.54) is 0 Å². The van der Waals surface area contributed by atoms with Crippen molar-refractivity contribution in [3.63, 3.8) is 0 Å². The highest BCUT2D eigenvalue weighted by Crippen LogP contribution is 2.51. The summed E-state index contributed by atoms with van der Waals surface area (Å²) >= 11 is 0. The summed E-state index contributed by atoms with van der Waals surface area (Å²) in [7, 11) is 0. The minimum Gasteiger partial charge on any atom is -0.481 e. The smallest absolute Gasteiger partial charge is 0.304 e. The second-order valence-electron chi connectivity index (χ2n) is 5.12. The number of carboxylic acids is 1. The van der Waals surface area contributed by atoms with E-state index >= 15 is 0 Å². The zero-order chi connectivity index (χ0) is 12.6. The Balaban J connectivity index is 1.87. The molecule has 1 aliphatic heterocycles. The Morgan fingerprint density at radius 3 is 2.89 bits per heavy atom. The van der Waals surface area contributed by atoms with Crippen LogP contribution in [0, 0.1) is 0 Å². The van der Waals surface area contributed by atoms with Crippen LogP contribution in [-0.4, -0.2) is 30.5 Å². The second-order valence-corrected chi connectivity index (χ2v) is 5.12. The zero-order valence-electron chi connectivity index (χ0n) is 10.2. The first kappa shape index (κ1) is 11.3. The molecule has 0 amide bonds. The molecular weight excluding hydrogens is 228 g/mol. The number of benzene rings is 1. The molecule has 0 spiro atoms. The van der Waals surface area contributed by atoms with Crippen molar-refractivity contribution in [3.8, 4) is 0 Å². The Hall–Kier alpha value is -1.84. The third kappa shape index (κ3) is 1.98. The second kappa shape index (κ2) is 4.12. The summed E-state index contributed by atoms with van der Waals surface area (Å²) in [5.74, 6) is -0.708. The Morgan fingerprint density at radius 2 is 2.28 bits per heavy atom. The SMILES string of the molecule is O=C(O)CC1(c2cccc(N3C=NCC3)c2)CC1. The summed E-state index contributed by atoms with van der Waals surface area (Å²) in [6, 6.07) is 8.23. The van der Waals surface area contributed by atoms with Gasteiger partial charge in [-0.3, -0.25) is 9.79 Å². The molecule has 3 rings (SSSR count). The number of carbonyl (C=O) groups is 1. The molecule has 1 saturated carbocycles. The fraction of sp³-hybridized carbons (Fsp3) is 0.429. The molecular formula is C14H16N2O2. The number of hydrogen-bond donors (Lipinski definition) is 1. The third-order valence-electron chi connectivity index (χ3n) is 3.82. The van der Waals surface area contributed by atoms with E-state index in [4.69, 9.17) is 5.11 Å². The van der Waals surface area contributed by atoms with Gasteiger partial charge in [0.15, 0.2) is 0 Å². The van der Waals surface area contributed by atoms with E-state index < -0.39 is 5.97 Å². The number of rotatable bonds is 4. The summed E-state index contributed by atoms with van der Waals surface area (Å²) < 4.78 is 0. The molecule has 0 atom stereocenters. The van der Waals surface area contributed by atoms with Crippen LogP contribution in [0.3, 0.4) is 0 Å². The van der Waals surface area contributed by atoms with Crippen molar-refractivity contribution < 1.29 is 9.90 Å². The quantitative estimate of drug-likeness (QED) is 0.881. The summed E-state index contributed by atoms with van der Waals surface area (Å²) in [5, 5.41) is 9.00. The van der Waals surface area contributed by atoms with Gasteiger partial charge in [-0.05, 0) is 30.5 Å². The molecule has 1 aliphatic carbocycles. The molecule has 1 N–H and O–H groups in total. The van der Waals surface area contributed by atoms with Crippen LogP contribution >= 0.6 is 0 Å². The molecule has 0 radical (unpaired) electrons. The predicted molar refractivity (Wildman–Crippen MR) is 70.3 cm³/mol. The Kier molecular flexibility index (Phi) is 2.58. The van der Waals surface area contributed by atoms with Gasteiger partial charge >= 0.3 is 5.97 Å². The van der Waals surface area contributed by atoms with Gasteiger partial charge in [0.05, 0.1) is 19.3 Å². The molecule has 0 aromatic heterocycles. The molecule has 0 bridgehead atoms.